The van der Waals surface area contributed by atoms with Crippen LogP contribution in [0.5, 0.6) is 0 Å². The van der Waals surface area contributed by atoms with Crippen LogP contribution in [-0.4, -0.2) is 16.7 Å². The number of anilines is 2. The molecule has 6 heteroatoms. The molecule has 0 unspecified atom stereocenters. The lowest BCUT2D eigenvalue weighted by Crippen LogP contribution is -2.33. The molecule has 0 spiro atoms. The van der Waals surface area contributed by atoms with Crippen LogP contribution >= 0.6 is 22.9 Å². The molecule has 1 amide bonds. The summed E-state index contributed by atoms with van der Waals surface area (Å²) in [5.41, 5.74) is 0.875. The molecule has 0 saturated heterocycles. The van der Waals surface area contributed by atoms with Gasteiger partial charge in [0.05, 0.1) is 17.3 Å². The minimum absolute atomic E-state index is 0.313. The molecule has 1 aromatic heterocycles. The van der Waals surface area contributed by atoms with Crippen molar-refractivity contribution in [2.24, 2.45) is 0 Å². The summed E-state index contributed by atoms with van der Waals surface area (Å²) in [7, 11) is 0. The van der Waals surface area contributed by atoms with Gasteiger partial charge in [0.1, 0.15) is 5.60 Å². The number of hydrogen-bond donors (Lipinski definition) is 0. The van der Waals surface area contributed by atoms with E-state index in [9.17, 15) is 4.79 Å². The molecule has 2 rings (SSSR count). The van der Waals surface area contributed by atoms with Crippen molar-refractivity contribution in [3.63, 3.8) is 0 Å². The first kappa shape index (κ1) is 15.8. The molecule has 0 radical (unpaired) electrons. The van der Waals surface area contributed by atoms with E-state index in [1.165, 1.54) is 16.2 Å². The first-order valence-corrected chi connectivity index (χ1v) is 7.90. The zero-order valence-corrected chi connectivity index (χ0v) is 13.7. The fourth-order valence-corrected chi connectivity index (χ4v) is 2.70. The summed E-state index contributed by atoms with van der Waals surface area (Å²) in [4.78, 5) is 18.3. The van der Waals surface area contributed by atoms with Gasteiger partial charge in [0.2, 0.25) is 0 Å². The van der Waals surface area contributed by atoms with Gasteiger partial charge in [0.25, 0.3) is 0 Å². The van der Waals surface area contributed by atoms with E-state index in [-0.39, 0.29) is 0 Å². The number of rotatable bonds is 3. The van der Waals surface area contributed by atoms with Gasteiger partial charge in [-0.3, -0.25) is 0 Å². The Hall–Kier alpha value is -1.59. The Morgan fingerprint density at radius 2 is 2.00 bits per heavy atom. The quantitative estimate of drug-likeness (QED) is 0.750. The fourth-order valence-electron chi connectivity index (χ4n) is 1.64. The zero-order valence-electron chi connectivity index (χ0n) is 12.2. The molecule has 1 aromatic carbocycles. The Bertz CT molecular complexity index is 608. The molecule has 0 aliphatic carbocycles. The van der Waals surface area contributed by atoms with Crippen molar-refractivity contribution in [2.75, 3.05) is 4.90 Å². The molecule has 0 atom stereocenters. The van der Waals surface area contributed by atoms with E-state index in [2.05, 4.69) is 4.98 Å². The summed E-state index contributed by atoms with van der Waals surface area (Å²) in [6.07, 6.45) is -0.454. The van der Waals surface area contributed by atoms with Crippen molar-refractivity contribution >= 4 is 39.8 Å². The van der Waals surface area contributed by atoms with Crippen LogP contribution in [-0.2, 0) is 10.6 Å². The number of carbonyl (C=O) groups is 1. The van der Waals surface area contributed by atoms with Crippen LogP contribution in [0, 0.1) is 0 Å². The van der Waals surface area contributed by atoms with Gasteiger partial charge < -0.3 is 4.74 Å². The highest BCUT2D eigenvalue weighted by atomic mass is 35.5. The summed E-state index contributed by atoms with van der Waals surface area (Å²) in [6, 6.07) is 9.30. The third-order valence-corrected chi connectivity index (χ3v) is 3.61. The summed E-state index contributed by atoms with van der Waals surface area (Å²) < 4.78 is 5.47. The molecule has 0 saturated carbocycles. The highest BCUT2D eigenvalue weighted by Gasteiger charge is 2.26. The third kappa shape index (κ3) is 4.19. The Balaban J connectivity index is 2.37. The van der Waals surface area contributed by atoms with E-state index in [1.54, 1.807) is 0 Å². The average molecular weight is 325 g/mol. The number of aromatic nitrogens is 1. The van der Waals surface area contributed by atoms with Crippen LogP contribution in [0.1, 0.15) is 26.5 Å². The number of thiazole rings is 1. The number of ether oxygens (including phenoxy) is 1. The topological polar surface area (TPSA) is 42.4 Å². The van der Waals surface area contributed by atoms with E-state index in [4.69, 9.17) is 16.3 Å². The molecule has 0 aliphatic heterocycles. The standard InChI is InChI=1S/C15H17ClN2O2S/c1-15(2,3)20-14(19)18(12-7-5-4-6-8-12)13-17-11(9-16)10-21-13/h4-8,10H,9H2,1-3H3. The Kier molecular flexibility index (Phi) is 4.85. The molecule has 2 aromatic rings. The van der Waals surface area contributed by atoms with Crippen molar-refractivity contribution in [1.82, 2.24) is 4.98 Å². The second-order valence-electron chi connectivity index (χ2n) is 5.41. The van der Waals surface area contributed by atoms with Crippen LogP contribution in [0.25, 0.3) is 0 Å². The Morgan fingerprint density at radius 1 is 1.33 bits per heavy atom. The maximum atomic E-state index is 12.5. The number of carbonyl (C=O) groups excluding carboxylic acids is 1. The number of nitrogens with zero attached hydrogens (tertiary/aromatic N) is 2. The highest BCUT2D eigenvalue weighted by Crippen LogP contribution is 2.30. The van der Waals surface area contributed by atoms with Crippen LogP contribution in [0.15, 0.2) is 35.7 Å². The molecular weight excluding hydrogens is 308 g/mol. The number of alkyl halides is 1. The van der Waals surface area contributed by atoms with E-state index >= 15 is 0 Å². The summed E-state index contributed by atoms with van der Waals surface area (Å²) in [5, 5.41) is 2.38. The first-order chi connectivity index (χ1) is 9.90. The van der Waals surface area contributed by atoms with Gasteiger partial charge >= 0.3 is 6.09 Å². The molecule has 112 valence electrons. The SMILES string of the molecule is CC(C)(C)OC(=O)N(c1ccccc1)c1nc(CCl)cs1. The summed E-state index contributed by atoms with van der Waals surface area (Å²) >= 11 is 7.15. The Labute approximate surface area is 133 Å². The third-order valence-electron chi connectivity index (χ3n) is 2.46. The lowest BCUT2D eigenvalue weighted by Gasteiger charge is -2.25. The molecule has 21 heavy (non-hydrogen) atoms. The smallest absolute Gasteiger partial charge is 0.421 e. The average Bonchev–Trinajstić information content (AvgIpc) is 2.86. The van der Waals surface area contributed by atoms with Crippen LogP contribution in [0.3, 0.4) is 0 Å². The maximum Gasteiger partial charge on any atom is 0.421 e. The maximum absolute atomic E-state index is 12.5. The van der Waals surface area contributed by atoms with Crippen molar-refractivity contribution in [3.8, 4) is 0 Å². The zero-order chi connectivity index (χ0) is 15.5. The summed E-state index contributed by atoms with van der Waals surface area (Å²) in [6.45, 7) is 5.50. The lowest BCUT2D eigenvalue weighted by molar-refractivity contribution is 0.0599. The number of benzene rings is 1. The van der Waals surface area contributed by atoms with Crippen LogP contribution in [0.2, 0.25) is 0 Å². The van der Waals surface area contributed by atoms with Crippen molar-refractivity contribution in [1.29, 1.82) is 0 Å². The van der Waals surface area contributed by atoms with Gasteiger partial charge in [-0.25, -0.2) is 14.7 Å². The number of amides is 1. The fraction of sp³-hybridized carbons (Fsp3) is 0.333. The summed E-state index contributed by atoms with van der Waals surface area (Å²) in [5.74, 6) is 0.313. The number of para-hydroxylation sites is 1. The van der Waals surface area contributed by atoms with E-state index in [0.717, 1.165) is 5.69 Å². The minimum Gasteiger partial charge on any atom is -0.443 e. The van der Waals surface area contributed by atoms with Gasteiger partial charge in [-0.1, -0.05) is 18.2 Å². The second-order valence-corrected chi connectivity index (χ2v) is 6.51. The van der Waals surface area contributed by atoms with Gasteiger partial charge in [0, 0.05) is 5.38 Å². The normalized spacial score (nSPS) is 11.2. The number of hydrogen-bond acceptors (Lipinski definition) is 4. The molecule has 0 bridgehead atoms. The van der Waals surface area contributed by atoms with Gasteiger partial charge in [-0.05, 0) is 32.9 Å². The predicted octanol–water partition coefficient (Wildman–Crippen LogP) is 4.96. The highest BCUT2D eigenvalue weighted by molar-refractivity contribution is 7.14. The largest absolute Gasteiger partial charge is 0.443 e. The molecule has 0 aliphatic rings. The van der Waals surface area contributed by atoms with Gasteiger partial charge in [-0.2, -0.15) is 0 Å². The number of halogens is 1. The van der Waals surface area contributed by atoms with Crippen molar-refractivity contribution in [3.05, 3.63) is 41.4 Å². The Morgan fingerprint density at radius 3 is 2.52 bits per heavy atom. The van der Waals surface area contributed by atoms with Crippen molar-refractivity contribution < 1.29 is 9.53 Å². The van der Waals surface area contributed by atoms with Crippen molar-refractivity contribution in [2.45, 2.75) is 32.3 Å². The first-order valence-electron chi connectivity index (χ1n) is 6.49. The monoisotopic (exact) mass is 324 g/mol. The molecule has 0 fully saturated rings. The lowest BCUT2D eigenvalue weighted by atomic mass is 10.2. The second kappa shape index (κ2) is 6.45. The minimum atomic E-state index is -0.573. The van der Waals surface area contributed by atoms with E-state index in [0.29, 0.717) is 16.7 Å². The van der Waals surface area contributed by atoms with E-state index < -0.39 is 11.7 Å². The van der Waals surface area contributed by atoms with E-state index in [1.807, 2.05) is 56.5 Å². The van der Waals surface area contributed by atoms with Gasteiger partial charge in [-0.15, -0.1) is 22.9 Å². The molecular formula is C15H17ClN2O2S. The van der Waals surface area contributed by atoms with Crippen LogP contribution < -0.4 is 4.90 Å². The molecule has 0 N–H and O–H groups in total. The molecule has 4 nitrogen and oxygen atoms in total. The molecule has 1 heterocycles. The van der Waals surface area contributed by atoms with Gasteiger partial charge in [0.15, 0.2) is 5.13 Å². The predicted molar refractivity (Wildman–Crippen MR) is 86.5 cm³/mol. The van der Waals surface area contributed by atoms with Crippen LogP contribution in [0.4, 0.5) is 15.6 Å².